The third-order valence-corrected chi connectivity index (χ3v) is 5.09. The van der Waals surface area contributed by atoms with Gasteiger partial charge in [-0.15, -0.1) is 0 Å². The van der Waals surface area contributed by atoms with Crippen LogP contribution in [0, 0.1) is 13.8 Å². The Labute approximate surface area is 143 Å². The van der Waals surface area contributed by atoms with Gasteiger partial charge in [-0.3, -0.25) is 4.79 Å². The van der Waals surface area contributed by atoms with Crippen molar-refractivity contribution in [3.05, 3.63) is 81.2 Å². The van der Waals surface area contributed by atoms with Gasteiger partial charge in [-0.2, -0.15) is 9.78 Å². The van der Waals surface area contributed by atoms with Gasteiger partial charge in [0.05, 0.1) is 16.8 Å². The summed E-state index contributed by atoms with van der Waals surface area (Å²) in [5.41, 5.74) is 2.82. The van der Waals surface area contributed by atoms with E-state index in [4.69, 9.17) is 11.6 Å². The van der Waals surface area contributed by atoms with Crippen LogP contribution in [0.3, 0.4) is 0 Å². The van der Waals surface area contributed by atoms with Gasteiger partial charge in [0.1, 0.15) is 5.02 Å². The molecular weight excluding hydrogens is 328 g/mol. The van der Waals surface area contributed by atoms with Crippen molar-refractivity contribution < 1.29 is 0 Å². The Morgan fingerprint density at radius 3 is 2.48 bits per heavy atom. The van der Waals surface area contributed by atoms with E-state index in [1.54, 1.807) is 6.20 Å². The minimum absolute atomic E-state index is 0.187. The van der Waals surface area contributed by atoms with Crippen molar-refractivity contribution in [2.24, 2.45) is 0 Å². The maximum atomic E-state index is 12.5. The smallest absolute Gasteiger partial charge is 0.266 e. The van der Waals surface area contributed by atoms with E-state index in [-0.39, 0.29) is 10.6 Å². The number of rotatable bonds is 3. The molecule has 0 spiro atoms. The van der Waals surface area contributed by atoms with Gasteiger partial charge in [-0.05, 0) is 49.2 Å². The van der Waals surface area contributed by atoms with Gasteiger partial charge in [-0.1, -0.05) is 47.6 Å². The summed E-state index contributed by atoms with van der Waals surface area (Å²) in [5.74, 6) is 0. The Balaban J connectivity index is 1.97. The molecule has 3 rings (SSSR count). The Hall–Kier alpha value is -2.04. The second-order valence-corrected chi connectivity index (χ2v) is 6.72. The fraction of sp³-hybridized carbons (Fsp3) is 0.111. The summed E-state index contributed by atoms with van der Waals surface area (Å²) in [5, 5.41) is 4.43. The molecule has 0 unspecified atom stereocenters. The molecule has 3 aromatic rings. The van der Waals surface area contributed by atoms with Crippen LogP contribution in [0.2, 0.25) is 5.02 Å². The summed E-state index contributed by atoms with van der Waals surface area (Å²) < 4.78 is 1.31. The molecular formula is C18H15ClN2OS. The molecule has 0 bridgehead atoms. The van der Waals surface area contributed by atoms with Crippen molar-refractivity contribution in [1.29, 1.82) is 0 Å². The standard InChI is InChI=1S/C18H15ClN2OS/c1-12-8-9-15(10-13(12)2)23-16-11-20-21(18(22)17(16)19)14-6-4-3-5-7-14/h3-11H,1-2H3. The number of halogens is 1. The maximum Gasteiger partial charge on any atom is 0.291 e. The van der Waals surface area contributed by atoms with Crippen LogP contribution in [-0.2, 0) is 0 Å². The van der Waals surface area contributed by atoms with Crippen molar-refractivity contribution in [2.45, 2.75) is 23.6 Å². The van der Waals surface area contributed by atoms with Gasteiger partial charge < -0.3 is 0 Å². The zero-order valence-corrected chi connectivity index (χ0v) is 14.4. The second-order valence-electron chi connectivity index (χ2n) is 5.22. The number of nitrogens with zero attached hydrogens (tertiary/aromatic N) is 2. The fourth-order valence-corrected chi connectivity index (χ4v) is 3.29. The minimum Gasteiger partial charge on any atom is -0.266 e. The van der Waals surface area contributed by atoms with E-state index in [0.29, 0.717) is 10.6 Å². The van der Waals surface area contributed by atoms with Crippen molar-refractivity contribution in [3.63, 3.8) is 0 Å². The number of aryl methyl sites for hydroxylation is 2. The normalized spacial score (nSPS) is 10.7. The fourth-order valence-electron chi connectivity index (χ4n) is 2.15. The lowest BCUT2D eigenvalue weighted by Gasteiger charge is -2.09. The van der Waals surface area contributed by atoms with Crippen LogP contribution in [0.1, 0.15) is 11.1 Å². The monoisotopic (exact) mass is 342 g/mol. The average molecular weight is 343 g/mol. The first-order valence-electron chi connectivity index (χ1n) is 7.14. The third-order valence-electron chi connectivity index (χ3n) is 3.59. The molecule has 23 heavy (non-hydrogen) atoms. The quantitative estimate of drug-likeness (QED) is 0.694. The first-order valence-corrected chi connectivity index (χ1v) is 8.34. The van der Waals surface area contributed by atoms with Crippen LogP contribution in [0.4, 0.5) is 0 Å². The molecule has 0 saturated heterocycles. The molecule has 0 atom stereocenters. The highest BCUT2D eigenvalue weighted by Gasteiger charge is 2.12. The van der Waals surface area contributed by atoms with E-state index >= 15 is 0 Å². The van der Waals surface area contributed by atoms with Crippen LogP contribution in [0.5, 0.6) is 0 Å². The first-order chi connectivity index (χ1) is 11.1. The van der Waals surface area contributed by atoms with E-state index in [1.165, 1.54) is 27.6 Å². The van der Waals surface area contributed by atoms with E-state index in [9.17, 15) is 4.79 Å². The average Bonchev–Trinajstić information content (AvgIpc) is 2.56. The molecule has 0 aliphatic carbocycles. The summed E-state index contributed by atoms with van der Waals surface area (Å²) in [7, 11) is 0. The topological polar surface area (TPSA) is 34.9 Å². The molecule has 116 valence electrons. The second kappa shape index (κ2) is 6.60. The highest BCUT2D eigenvalue weighted by molar-refractivity contribution is 7.99. The van der Waals surface area contributed by atoms with Crippen LogP contribution in [-0.4, -0.2) is 9.78 Å². The van der Waals surface area contributed by atoms with E-state index in [2.05, 4.69) is 31.1 Å². The van der Waals surface area contributed by atoms with E-state index < -0.39 is 0 Å². The van der Waals surface area contributed by atoms with Gasteiger partial charge in [0, 0.05) is 4.90 Å². The summed E-state index contributed by atoms with van der Waals surface area (Å²) in [6, 6.07) is 15.4. The lowest BCUT2D eigenvalue weighted by molar-refractivity contribution is 0.791. The van der Waals surface area contributed by atoms with Gasteiger partial charge in [0.2, 0.25) is 0 Å². The number of para-hydroxylation sites is 1. The summed E-state index contributed by atoms with van der Waals surface area (Å²) in [4.78, 5) is 14.2. The molecule has 0 saturated carbocycles. The van der Waals surface area contributed by atoms with Crippen LogP contribution in [0.25, 0.3) is 5.69 Å². The molecule has 0 aliphatic heterocycles. The Morgan fingerprint density at radius 1 is 1.04 bits per heavy atom. The number of hydrogen-bond acceptors (Lipinski definition) is 3. The first kappa shape index (κ1) is 15.8. The molecule has 1 aromatic heterocycles. The Kier molecular flexibility index (Phi) is 4.55. The lowest BCUT2D eigenvalue weighted by Crippen LogP contribution is -2.21. The van der Waals surface area contributed by atoms with E-state index in [0.717, 1.165) is 4.90 Å². The summed E-state index contributed by atoms with van der Waals surface area (Å²) in [6.45, 7) is 4.13. The predicted octanol–water partition coefficient (Wildman–Crippen LogP) is 4.65. The van der Waals surface area contributed by atoms with E-state index in [1.807, 2.05) is 36.4 Å². The molecule has 0 aliphatic rings. The molecule has 0 amide bonds. The largest absolute Gasteiger partial charge is 0.291 e. The minimum atomic E-state index is -0.313. The molecule has 0 fully saturated rings. The van der Waals surface area contributed by atoms with Gasteiger partial charge in [-0.25, -0.2) is 0 Å². The zero-order chi connectivity index (χ0) is 16.4. The van der Waals surface area contributed by atoms with Crippen LogP contribution < -0.4 is 5.56 Å². The SMILES string of the molecule is Cc1ccc(Sc2cnn(-c3ccccc3)c(=O)c2Cl)cc1C. The molecule has 0 radical (unpaired) electrons. The molecule has 2 aromatic carbocycles. The highest BCUT2D eigenvalue weighted by Crippen LogP contribution is 2.32. The lowest BCUT2D eigenvalue weighted by atomic mass is 10.1. The molecule has 5 heteroatoms. The summed E-state index contributed by atoms with van der Waals surface area (Å²) in [6.07, 6.45) is 1.64. The van der Waals surface area contributed by atoms with Gasteiger partial charge in [0.25, 0.3) is 5.56 Å². The van der Waals surface area contributed by atoms with Crippen LogP contribution >= 0.6 is 23.4 Å². The van der Waals surface area contributed by atoms with Crippen molar-refractivity contribution in [1.82, 2.24) is 9.78 Å². The third kappa shape index (κ3) is 3.33. The summed E-state index contributed by atoms with van der Waals surface area (Å²) >= 11 is 7.72. The Bertz CT molecular complexity index is 907. The van der Waals surface area contributed by atoms with Crippen molar-refractivity contribution in [2.75, 3.05) is 0 Å². The number of benzene rings is 2. The van der Waals surface area contributed by atoms with Crippen LogP contribution in [0.15, 0.2) is 69.3 Å². The number of hydrogen-bond donors (Lipinski definition) is 0. The van der Waals surface area contributed by atoms with Gasteiger partial charge in [0.15, 0.2) is 0 Å². The maximum absolute atomic E-state index is 12.5. The van der Waals surface area contributed by atoms with Gasteiger partial charge >= 0.3 is 0 Å². The van der Waals surface area contributed by atoms with Crippen molar-refractivity contribution >= 4 is 23.4 Å². The molecule has 0 N–H and O–H groups in total. The molecule has 3 nitrogen and oxygen atoms in total. The molecule has 1 heterocycles. The zero-order valence-electron chi connectivity index (χ0n) is 12.8. The number of aromatic nitrogens is 2. The Morgan fingerprint density at radius 2 is 1.78 bits per heavy atom. The predicted molar refractivity (Wildman–Crippen MR) is 94.9 cm³/mol. The highest BCUT2D eigenvalue weighted by atomic mass is 35.5. The van der Waals surface area contributed by atoms with Crippen molar-refractivity contribution in [3.8, 4) is 5.69 Å².